The van der Waals surface area contributed by atoms with Crippen LogP contribution in [0.1, 0.15) is 24.5 Å². The average Bonchev–Trinajstić information content (AvgIpc) is 3.52. The van der Waals surface area contributed by atoms with Crippen LogP contribution in [-0.4, -0.2) is 3.21 Å². The van der Waals surface area contributed by atoms with E-state index in [9.17, 15) is 0 Å². The Bertz CT molecular complexity index is 1300. The van der Waals surface area contributed by atoms with Crippen LogP contribution in [0, 0.1) is 6.08 Å². The topological polar surface area (TPSA) is 0 Å². The minimum atomic E-state index is 0. The maximum absolute atomic E-state index is 3.12. The van der Waals surface area contributed by atoms with Crippen molar-refractivity contribution in [1.82, 2.24) is 0 Å². The van der Waals surface area contributed by atoms with Gasteiger partial charge in [0.1, 0.15) is 0 Å². The molecule has 0 heterocycles. The molecule has 6 rings (SSSR count). The van der Waals surface area contributed by atoms with E-state index in [0.717, 1.165) is 6.42 Å². The monoisotopic (exact) mass is 572 g/mol. The van der Waals surface area contributed by atoms with Crippen molar-refractivity contribution in [3.8, 4) is 0 Å². The van der Waals surface area contributed by atoms with E-state index in [0.29, 0.717) is 0 Å². The van der Waals surface area contributed by atoms with E-state index in [2.05, 4.69) is 140 Å². The Labute approximate surface area is 235 Å². The smallest absolute Gasteiger partial charge is 0.0771 e. The molecule has 35 heavy (non-hydrogen) atoms. The normalized spacial score (nSPS) is 11.2. The number of fused-ring (bicyclic) bond motifs is 3. The molecule has 0 nitrogen and oxygen atoms in total. The molecule has 0 spiro atoms. The fraction of sp³-hybridized carbons (Fsp3) is 0.0625. The molecule has 0 amide bonds. The molecule has 5 aromatic carbocycles. The van der Waals surface area contributed by atoms with Crippen molar-refractivity contribution in [1.29, 1.82) is 0 Å². The molecule has 0 fully saturated rings. The molecule has 5 aromatic rings. The Hall–Kier alpha value is -2.44. The van der Waals surface area contributed by atoms with E-state index in [1.807, 2.05) is 0 Å². The number of rotatable bonds is 2. The summed E-state index contributed by atoms with van der Waals surface area (Å²) in [5.41, 5.74) is 3.93. The number of hydrogen-bond donors (Lipinski definition) is 0. The van der Waals surface area contributed by atoms with Gasteiger partial charge in [0, 0.05) is 0 Å². The van der Waals surface area contributed by atoms with Gasteiger partial charge >= 0.3 is 99.2 Å². The zero-order chi connectivity index (χ0) is 22.9. The van der Waals surface area contributed by atoms with Crippen LogP contribution in [0.15, 0.2) is 133 Å². The third kappa shape index (κ3) is 8.04. The van der Waals surface area contributed by atoms with Crippen molar-refractivity contribution in [3.05, 3.63) is 150 Å². The largest absolute Gasteiger partial charge is 0.126 e. The second kappa shape index (κ2) is 14.8. The first kappa shape index (κ1) is 28.8. The first-order valence-electron chi connectivity index (χ1n) is 11.2. The molecule has 0 aromatic heterocycles. The molecule has 1 aliphatic carbocycles. The molecule has 0 saturated heterocycles. The van der Waals surface area contributed by atoms with Gasteiger partial charge in [-0.3, -0.25) is 6.08 Å². The van der Waals surface area contributed by atoms with Crippen LogP contribution in [0.5, 0.6) is 0 Å². The van der Waals surface area contributed by atoms with Crippen LogP contribution in [0.4, 0.5) is 0 Å². The molecule has 0 unspecified atom stereocenters. The van der Waals surface area contributed by atoms with Gasteiger partial charge in [0.2, 0.25) is 0 Å². The molecule has 0 aliphatic heterocycles. The predicted molar refractivity (Wildman–Crippen MR) is 154 cm³/mol. The van der Waals surface area contributed by atoms with Gasteiger partial charge in [0.05, 0.1) is 0 Å². The third-order valence-electron chi connectivity index (χ3n) is 5.51. The minimum Gasteiger partial charge on any atom is -0.126 e. The molecule has 0 radical (unpaired) electrons. The number of benzene rings is 4. The van der Waals surface area contributed by atoms with Gasteiger partial charge in [0.15, 0.2) is 0 Å². The summed E-state index contributed by atoms with van der Waals surface area (Å²) in [6.07, 6.45) is 8.33. The van der Waals surface area contributed by atoms with E-state index in [4.69, 9.17) is 0 Å². The molecule has 0 N–H and O–H groups in total. The van der Waals surface area contributed by atoms with Crippen molar-refractivity contribution >= 4 is 49.6 Å². The van der Waals surface area contributed by atoms with Gasteiger partial charge in [-0.2, -0.15) is 6.08 Å². The van der Waals surface area contributed by atoms with Crippen LogP contribution in [0.25, 0.3) is 21.5 Å². The molecule has 0 atom stereocenters. The van der Waals surface area contributed by atoms with E-state index in [1.165, 1.54) is 65.7 Å². The second-order valence-electron chi connectivity index (χ2n) is 7.89. The second-order valence-corrected chi connectivity index (χ2v) is 9.12. The van der Waals surface area contributed by atoms with Crippen LogP contribution in [0.2, 0.25) is 0 Å². The Morgan fingerprint density at radius 2 is 1.09 bits per heavy atom. The predicted octanol–water partition coefficient (Wildman–Crippen LogP) is 9.05. The molecule has 0 bridgehead atoms. The Balaban J connectivity index is 0.000000192. The summed E-state index contributed by atoms with van der Waals surface area (Å²) in [5.74, 6) is 0. The zero-order valence-electron chi connectivity index (χ0n) is 19.6. The first-order chi connectivity index (χ1) is 16.2. The number of allylic oxidation sites excluding steroid dienone is 4. The third-order valence-corrected chi connectivity index (χ3v) is 6.93. The maximum atomic E-state index is 3.12. The van der Waals surface area contributed by atoms with Gasteiger partial charge in [-0.25, -0.2) is 11.6 Å². The van der Waals surface area contributed by atoms with Crippen LogP contribution < -0.4 is 0 Å². The zero-order valence-corrected chi connectivity index (χ0v) is 23.7. The minimum absolute atomic E-state index is 0. The Kier molecular flexibility index (Phi) is 12.2. The van der Waals surface area contributed by atoms with E-state index in [-0.39, 0.29) is 24.8 Å². The van der Waals surface area contributed by atoms with Crippen molar-refractivity contribution in [2.45, 2.75) is 13.3 Å². The summed E-state index contributed by atoms with van der Waals surface area (Å²) in [6, 6.07) is 40.4. The molecule has 1 aliphatic rings. The van der Waals surface area contributed by atoms with Gasteiger partial charge in [0.25, 0.3) is 0 Å². The summed E-state index contributed by atoms with van der Waals surface area (Å²) in [5, 5.41) is 5.39. The standard InChI is InChI=1S/C13H9.C13H10.C6H7.2ClH.Zr/c1-3-7-12-10(5-1)9-11-6-2-4-8-13(11)12;1-3-7-12(8-4-1)11-13-9-5-2-6-10-13;1-6-4-2-3-5-6;;;/h1-9H;1-10H;2,4H,3H2,1H3;2*1H;/q-1;;-1;;;+2. The van der Waals surface area contributed by atoms with Crippen LogP contribution in [0.3, 0.4) is 0 Å². The fourth-order valence-corrected chi connectivity index (χ4v) is 4.61. The molecule has 174 valence electrons. The van der Waals surface area contributed by atoms with Crippen molar-refractivity contribution in [3.63, 3.8) is 0 Å². The molecular formula is C32H28Cl2Zr. The van der Waals surface area contributed by atoms with Gasteiger partial charge in [-0.1, -0.05) is 43.3 Å². The van der Waals surface area contributed by atoms with Crippen molar-refractivity contribution in [2.75, 3.05) is 0 Å². The summed E-state index contributed by atoms with van der Waals surface area (Å²) in [6.45, 7) is 2.06. The van der Waals surface area contributed by atoms with Crippen LogP contribution in [-0.2, 0) is 24.2 Å². The number of halogens is 2. The Morgan fingerprint density at radius 1 is 0.657 bits per heavy atom. The van der Waals surface area contributed by atoms with E-state index < -0.39 is 0 Å². The van der Waals surface area contributed by atoms with Crippen molar-refractivity contribution in [2.24, 2.45) is 0 Å². The van der Waals surface area contributed by atoms with Gasteiger partial charge in [-0.05, 0) is 0 Å². The molecule has 3 heteroatoms. The number of hydrogen-bond acceptors (Lipinski definition) is 0. The summed E-state index contributed by atoms with van der Waals surface area (Å²) >= 11 is 1.46. The van der Waals surface area contributed by atoms with Gasteiger partial charge < -0.3 is 0 Å². The maximum Gasteiger partial charge on any atom is -0.0771 e. The summed E-state index contributed by atoms with van der Waals surface area (Å²) in [4.78, 5) is 0. The first-order valence-corrected chi connectivity index (χ1v) is 12.4. The summed E-state index contributed by atoms with van der Waals surface area (Å²) in [7, 11) is 0. The average molecular weight is 575 g/mol. The van der Waals surface area contributed by atoms with E-state index >= 15 is 0 Å². The summed E-state index contributed by atoms with van der Waals surface area (Å²) < 4.78 is 1.42. The quantitative estimate of drug-likeness (QED) is 0.185. The Morgan fingerprint density at radius 3 is 1.46 bits per heavy atom. The van der Waals surface area contributed by atoms with E-state index in [1.54, 1.807) is 0 Å². The van der Waals surface area contributed by atoms with Crippen LogP contribution >= 0.6 is 24.8 Å². The molecule has 0 saturated carbocycles. The SMILES string of the molecule is CC1=[C-]CC=C1.Cl.Cl.[Zr+2]=[C](c1ccccc1)c1ccccc1.c1ccc2c(c1)[cH-]c1ccccc12. The molecular weight excluding hydrogens is 546 g/mol. The van der Waals surface area contributed by atoms with Crippen molar-refractivity contribution < 1.29 is 24.2 Å². The van der Waals surface area contributed by atoms with Gasteiger partial charge in [-0.15, -0.1) is 71.0 Å². The fourth-order valence-electron chi connectivity index (χ4n) is 3.79.